The van der Waals surface area contributed by atoms with Crippen LogP contribution in [0.5, 0.6) is 11.5 Å². The van der Waals surface area contributed by atoms with E-state index in [1.54, 1.807) is 18.2 Å². The molecule has 0 N–H and O–H groups in total. The molecule has 0 saturated heterocycles. The summed E-state index contributed by atoms with van der Waals surface area (Å²) >= 11 is 0. The van der Waals surface area contributed by atoms with Crippen LogP contribution in [-0.2, 0) is 39.4 Å². The molecule has 13 rings (SSSR count). The number of hydrogen-bond donors (Lipinski definition) is 0. The van der Waals surface area contributed by atoms with Crippen molar-refractivity contribution in [1.82, 2.24) is 18.7 Å². The maximum atomic E-state index is 8.88. The summed E-state index contributed by atoms with van der Waals surface area (Å²) < 4.78 is 101. The molecular formula is C68H53N5OPt-2. The average molecular weight is 1160 g/mol. The number of nitrogens with zero attached hydrogens (tertiary/aromatic N) is 5. The Kier molecular flexibility index (Phi) is 9.90. The van der Waals surface area contributed by atoms with Gasteiger partial charge in [-0.3, -0.25) is 0 Å². The summed E-state index contributed by atoms with van der Waals surface area (Å²) in [6, 6.07) is 53.1. The summed E-state index contributed by atoms with van der Waals surface area (Å²) in [5.41, 5.74) is 9.72. The van der Waals surface area contributed by atoms with Crippen LogP contribution in [0, 0.1) is 18.5 Å². The van der Waals surface area contributed by atoms with E-state index >= 15 is 0 Å². The van der Waals surface area contributed by atoms with Crippen LogP contribution in [0.25, 0.3) is 94.1 Å². The second kappa shape index (κ2) is 19.8. The summed E-state index contributed by atoms with van der Waals surface area (Å²) in [6.45, 7) is 7.10. The summed E-state index contributed by atoms with van der Waals surface area (Å²) in [5.74, 6) is 1.74. The van der Waals surface area contributed by atoms with E-state index in [4.69, 9.17) is 23.4 Å². The second-order valence-corrected chi connectivity index (χ2v) is 19.5. The number of benzene rings is 9. The van der Waals surface area contributed by atoms with Gasteiger partial charge in [0.05, 0.1) is 42.3 Å². The Bertz CT molecular complexity index is 4650. The van der Waals surface area contributed by atoms with Crippen molar-refractivity contribution in [3.63, 3.8) is 0 Å². The van der Waals surface area contributed by atoms with E-state index in [1.807, 2.05) is 63.9 Å². The summed E-state index contributed by atoms with van der Waals surface area (Å²) in [5, 5.41) is 4.42. The SMILES string of the molecule is [2H]c1c([2H])c([2H])c(-c2cccc(-c3c([2H])c([2H])c([2H])c([2H])c3[2H])c2CCCC[n+]2[c-]n(-c3[c-]c(Oc4[c-]c5c(cc4)c4cc(-n6c7ccccc7c7ccccc76)ccc4n5-c4cc(C(C)(C)C)ccn4)ccc3)c3ccccc32)c([2H])c1[2H].[Pt]. The Morgan fingerprint density at radius 2 is 1.21 bits per heavy atom. The van der Waals surface area contributed by atoms with E-state index < -0.39 is 60.4 Å². The molecule has 9 aromatic carbocycles. The summed E-state index contributed by atoms with van der Waals surface area (Å²) in [7, 11) is 0. The monoisotopic (exact) mass is 1160 g/mol. The van der Waals surface area contributed by atoms with Gasteiger partial charge in [-0.2, -0.15) is 18.2 Å². The van der Waals surface area contributed by atoms with Crippen LogP contribution < -0.4 is 9.30 Å². The minimum absolute atomic E-state index is 0. The minimum atomic E-state index is -0.528. The number of unbranched alkanes of at least 4 members (excludes halogenated alkanes) is 1. The zero-order chi connectivity index (χ0) is 58.5. The first-order valence-electron chi connectivity index (χ1n) is 29.8. The molecule has 0 aliphatic heterocycles. The summed E-state index contributed by atoms with van der Waals surface area (Å²) in [6.07, 6.45) is 6.81. The van der Waals surface area contributed by atoms with Gasteiger partial charge < -0.3 is 23.0 Å². The molecule has 0 saturated carbocycles. The van der Waals surface area contributed by atoms with E-state index in [1.165, 1.54) is 10.8 Å². The molecule has 6 nitrogen and oxygen atoms in total. The second-order valence-electron chi connectivity index (χ2n) is 19.5. The quantitative estimate of drug-likeness (QED) is 0.0695. The molecule has 0 aliphatic rings. The predicted octanol–water partition coefficient (Wildman–Crippen LogP) is 16.4. The van der Waals surface area contributed by atoms with Crippen molar-refractivity contribution in [3.05, 3.63) is 248 Å². The van der Waals surface area contributed by atoms with E-state index in [0.717, 1.165) is 60.9 Å². The van der Waals surface area contributed by atoms with Crippen LogP contribution in [-0.4, -0.2) is 18.7 Å². The van der Waals surface area contributed by atoms with Gasteiger partial charge in [-0.15, -0.1) is 29.7 Å². The molecule has 7 heteroatoms. The van der Waals surface area contributed by atoms with Crippen LogP contribution in [0.15, 0.2) is 218 Å². The third-order valence-corrected chi connectivity index (χ3v) is 13.9. The first-order chi connectivity index (χ1) is 40.5. The van der Waals surface area contributed by atoms with E-state index in [2.05, 4.69) is 133 Å². The largest absolute Gasteiger partial charge is 0.510 e. The van der Waals surface area contributed by atoms with Crippen LogP contribution in [0.1, 0.15) is 58.4 Å². The van der Waals surface area contributed by atoms with Crippen molar-refractivity contribution in [2.45, 2.75) is 52.0 Å². The van der Waals surface area contributed by atoms with Gasteiger partial charge in [0.2, 0.25) is 6.33 Å². The van der Waals surface area contributed by atoms with E-state index in [0.29, 0.717) is 53.3 Å². The normalized spacial score (nSPS) is 13.6. The molecule has 0 aliphatic carbocycles. The van der Waals surface area contributed by atoms with Gasteiger partial charge in [0.25, 0.3) is 0 Å². The first-order valence-corrected chi connectivity index (χ1v) is 24.8. The van der Waals surface area contributed by atoms with Gasteiger partial charge in [-0.1, -0.05) is 171 Å². The predicted molar refractivity (Wildman–Crippen MR) is 302 cm³/mol. The smallest absolute Gasteiger partial charge is 0.242 e. The fourth-order valence-corrected chi connectivity index (χ4v) is 10.4. The first kappa shape index (κ1) is 37.4. The number of fused-ring (bicyclic) bond motifs is 7. The van der Waals surface area contributed by atoms with Gasteiger partial charge in [-0.05, 0) is 106 Å². The van der Waals surface area contributed by atoms with E-state index in [9.17, 15) is 0 Å². The van der Waals surface area contributed by atoms with Crippen LogP contribution >= 0.6 is 0 Å². The molecule has 0 radical (unpaired) electrons. The number of aryl methyl sites for hydroxylation is 1. The molecule has 13 aromatic rings. The van der Waals surface area contributed by atoms with Crippen molar-refractivity contribution in [1.29, 1.82) is 0 Å². The number of imidazole rings is 1. The third kappa shape index (κ3) is 8.83. The van der Waals surface area contributed by atoms with Gasteiger partial charge in [0.1, 0.15) is 5.82 Å². The minimum Gasteiger partial charge on any atom is -0.510 e. The van der Waals surface area contributed by atoms with Crippen molar-refractivity contribution in [2.24, 2.45) is 0 Å². The molecule has 0 unspecified atom stereocenters. The summed E-state index contributed by atoms with van der Waals surface area (Å²) in [4.78, 5) is 4.95. The molecule has 4 aromatic heterocycles. The fourth-order valence-electron chi connectivity index (χ4n) is 10.4. The number of hydrogen-bond acceptors (Lipinski definition) is 2. The molecule has 0 fully saturated rings. The Morgan fingerprint density at radius 3 is 1.92 bits per heavy atom. The van der Waals surface area contributed by atoms with Gasteiger partial charge in [0.15, 0.2) is 0 Å². The maximum Gasteiger partial charge on any atom is 0.242 e. The Hall–Kier alpha value is -8.31. The average Bonchev–Trinajstić information content (AvgIpc) is 1.87. The van der Waals surface area contributed by atoms with Crippen LogP contribution in [0.3, 0.4) is 0 Å². The van der Waals surface area contributed by atoms with Crippen LogP contribution in [0.4, 0.5) is 0 Å². The fraction of sp³-hybridized carbons (Fsp3) is 0.118. The molecule has 4 heterocycles. The molecule has 368 valence electrons. The zero-order valence-electron chi connectivity index (χ0n) is 51.3. The van der Waals surface area contributed by atoms with Crippen LogP contribution in [0.2, 0.25) is 0 Å². The Labute approximate surface area is 466 Å². The number of ether oxygens (including phenoxy) is 1. The Balaban J connectivity index is 0.00000709. The van der Waals surface area contributed by atoms with Crippen molar-refractivity contribution in [2.75, 3.05) is 0 Å². The molecule has 0 bridgehead atoms. The van der Waals surface area contributed by atoms with Crippen molar-refractivity contribution in [3.8, 4) is 50.9 Å². The number of aromatic nitrogens is 5. The zero-order valence-corrected chi connectivity index (χ0v) is 43.6. The molecular weight excluding hydrogens is 1100 g/mol. The number of pyridine rings is 1. The van der Waals surface area contributed by atoms with Crippen molar-refractivity contribution < 1.29 is 44.1 Å². The third-order valence-electron chi connectivity index (χ3n) is 13.9. The standard InChI is InChI=1S/C68H53N5O.Pt/c1-68(2,3)49-39-40-69-67(42-49)73-63-38-35-51(72-61-31-12-10-27-57(61)58-28-11-13-32-62(58)72)44-60(63)59-37-36-53(45-66(59)73)74-52-25-18-24-50(43-52)71-46-70(64-33-14-15-34-65(64)71)41-17-16-26-56-54(47-20-6-4-7-21-47)29-19-30-55(56)48-22-8-5-9-23-48;/h4-15,18-25,27-40,42,44H,16-17,26,41H2,1-3H3;/q-2;/i4D,5D,6D,7D,8D,9D,20D,21D,22D,23D;. The molecule has 0 spiro atoms. The van der Waals surface area contributed by atoms with Crippen molar-refractivity contribution >= 4 is 54.6 Å². The Morgan fingerprint density at radius 1 is 0.573 bits per heavy atom. The van der Waals surface area contributed by atoms with E-state index in [-0.39, 0.29) is 44.0 Å². The number of rotatable bonds is 12. The molecule has 0 atom stereocenters. The van der Waals surface area contributed by atoms with Gasteiger partial charge >= 0.3 is 0 Å². The van der Waals surface area contributed by atoms with Gasteiger partial charge in [-0.25, -0.2) is 4.98 Å². The molecule has 75 heavy (non-hydrogen) atoms. The van der Waals surface area contributed by atoms with Gasteiger partial charge in [0, 0.05) is 60.7 Å². The molecule has 0 amide bonds. The topological polar surface area (TPSA) is 40.8 Å². The number of para-hydroxylation sites is 4. The maximum absolute atomic E-state index is 8.88.